The van der Waals surface area contributed by atoms with Gasteiger partial charge in [-0.1, -0.05) is 34.4 Å². The van der Waals surface area contributed by atoms with Gasteiger partial charge in [0.25, 0.3) is 5.91 Å². The Balaban J connectivity index is 1.72. The standard InChI is InChI=1S/C17H9Cl2FN2O3/c18-8-1-6-11(12(19)7-8)14-13-15(25-21-14)17(24)22(16(13)23)10-4-2-9(20)3-5-10/h1-7,13,15H/t13-,15+/m0/s1. The van der Waals surface area contributed by atoms with Gasteiger partial charge in [0.2, 0.25) is 12.0 Å². The highest BCUT2D eigenvalue weighted by Gasteiger charge is 2.56. The van der Waals surface area contributed by atoms with Crippen LogP contribution in [0.15, 0.2) is 47.6 Å². The molecule has 1 saturated heterocycles. The molecule has 0 N–H and O–H groups in total. The van der Waals surface area contributed by atoms with Crippen LogP contribution in [0.25, 0.3) is 0 Å². The Kier molecular flexibility index (Phi) is 3.74. The van der Waals surface area contributed by atoms with Crippen molar-refractivity contribution in [1.82, 2.24) is 0 Å². The Morgan fingerprint density at radius 2 is 1.76 bits per heavy atom. The predicted octanol–water partition coefficient (Wildman–Crippen LogP) is 3.43. The quantitative estimate of drug-likeness (QED) is 0.752. The molecule has 2 aliphatic rings. The van der Waals surface area contributed by atoms with Crippen molar-refractivity contribution in [2.75, 3.05) is 4.90 Å². The number of halogens is 3. The van der Waals surface area contributed by atoms with E-state index in [1.807, 2.05) is 0 Å². The first-order valence-corrected chi connectivity index (χ1v) is 8.05. The van der Waals surface area contributed by atoms with Crippen molar-refractivity contribution in [3.05, 3.63) is 63.9 Å². The maximum atomic E-state index is 13.1. The zero-order chi connectivity index (χ0) is 17.7. The van der Waals surface area contributed by atoms with Crippen LogP contribution in [0.3, 0.4) is 0 Å². The number of nitrogens with zero attached hydrogens (tertiary/aromatic N) is 2. The van der Waals surface area contributed by atoms with Crippen LogP contribution in [0.1, 0.15) is 5.56 Å². The fraction of sp³-hybridized carbons (Fsp3) is 0.118. The SMILES string of the molecule is O=C1[C@H]2C(c3ccc(Cl)cc3Cl)=NO[C@H]2C(=O)N1c1ccc(F)cc1. The summed E-state index contributed by atoms with van der Waals surface area (Å²) in [5.41, 5.74) is 1.02. The molecular formula is C17H9Cl2FN2O3. The minimum Gasteiger partial charge on any atom is -0.381 e. The highest BCUT2D eigenvalue weighted by atomic mass is 35.5. The third-order valence-corrected chi connectivity index (χ3v) is 4.65. The Labute approximate surface area is 151 Å². The van der Waals surface area contributed by atoms with Crippen LogP contribution in [0.5, 0.6) is 0 Å². The normalized spacial score (nSPS) is 22.0. The van der Waals surface area contributed by atoms with Gasteiger partial charge >= 0.3 is 0 Å². The molecule has 8 heteroatoms. The molecule has 1 fully saturated rings. The summed E-state index contributed by atoms with van der Waals surface area (Å²) in [6, 6.07) is 9.82. The van der Waals surface area contributed by atoms with Crippen molar-refractivity contribution in [2.24, 2.45) is 11.1 Å². The topological polar surface area (TPSA) is 59.0 Å². The van der Waals surface area contributed by atoms with E-state index in [0.717, 1.165) is 4.90 Å². The number of carbonyl (C=O) groups is 2. The maximum Gasteiger partial charge on any atom is 0.278 e. The summed E-state index contributed by atoms with van der Waals surface area (Å²) < 4.78 is 13.1. The first-order valence-electron chi connectivity index (χ1n) is 7.30. The number of hydrogen-bond donors (Lipinski definition) is 0. The van der Waals surface area contributed by atoms with Gasteiger partial charge in [-0.25, -0.2) is 9.29 Å². The average molecular weight is 379 g/mol. The molecule has 0 radical (unpaired) electrons. The van der Waals surface area contributed by atoms with Crippen molar-refractivity contribution in [2.45, 2.75) is 6.10 Å². The van der Waals surface area contributed by atoms with E-state index < -0.39 is 29.7 Å². The summed E-state index contributed by atoms with van der Waals surface area (Å²) in [5, 5.41) is 4.62. The molecule has 2 atom stereocenters. The molecular weight excluding hydrogens is 370 g/mol. The van der Waals surface area contributed by atoms with Crippen LogP contribution in [0.2, 0.25) is 10.0 Å². The molecule has 25 heavy (non-hydrogen) atoms. The van der Waals surface area contributed by atoms with Crippen molar-refractivity contribution in [1.29, 1.82) is 0 Å². The molecule has 0 aromatic heterocycles. The molecule has 2 aromatic carbocycles. The number of amides is 2. The van der Waals surface area contributed by atoms with Crippen molar-refractivity contribution >= 4 is 46.4 Å². The van der Waals surface area contributed by atoms with E-state index in [9.17, 15) is 14.0 Å². The van der Waals surface area contributed by atoms with Gasteiger partial charge in [-0.2, -0.15) is 0 Å². The molecule has 0 bridgehead atoms. The third-order valence-electron chi connectivity index (χ3n) is 4.10. The van der Waals surface area contributed by atoms with Crippen LogP contribution in [0, 0.1) is 11.7 Å². The molecule has 2 aromatic rings. The number of fused-ring (bicyclic) bond motifs is 1. The fourth-order valence-corrected chi connectivity index (χ4v) is 3.45. The minimum absolute atomic E-state index is 0.273. The number of carbonyl (C=O) groups excluding carboxylic acids is 2. The van der Waals surface area contributed by atoms with Gasteiger partial charge in [-0.3, -0.25) is 9.59 Å². The highest BCUT2D eigenvalue weighted by Crippen LogP contribution is 2.37. The Bertz CT molecular complexity index is 930. The molecule has 5 nitrogen and oxygen atoms in total. The molecule has 2 amide bonds. The van der Waals surface area contributed by atoms with Crippen molar-refractivity contribution in [3.63, 3.8) is 0 Å². The third kappa shape index (κ3) is 2.49. The summed E-state index contributed by atoms with van der Waals surface area (Å²) in [7, 11) is 0. The summed E-state index contributed by atoms with van der Waals surface area (Å²) in [6.45, 7) is 0. The van der Waals surface area contributed by atoms with Gasteiger partial charge in [0, 0.05) is 10.6 Å². The van der Waals surface area contributed by atoms with Gasteiger partial charge in [-0.15, -0.1) is 0 Å². The summed E-state index contributed by atoms with van der Waals surface area (Å²) in [5.74, 6) is -2.42. The maximum absolute atomic E-state index is 13.1. The molecule has 4 rings (SSSR count). The van der Waals surface area contributed by atoms with Gasteiger partial charge < -0.3 is 4.84 Å². The predicted molar refractivity (Wildman–Crippen MR) is 90.3 cm³/mol. The van der Waals surface area contributed by atoms with Crippen LogP contribution < -0.4 is 4.90 Å². The fourth-order valence-electron chi connectivity index (χ4n) is 2.94. The number of benzene rings is 2. The summed E-state index contributed by atoms with van der Waals surface area (Å²) >= 11 is 12.1. The molecule has 0 unspecified atom stereocenters. The van der Waals surface area contributed by atoms with Gasteiger partial charge in [0.15, 0.2) is 0 Å². The van der Waals surface area contributed by atoms with Crippen LogP contribution in [-0.2, 0) is 14.4 Å². The van der Waals surface area contributed by atoms with Crippen molar-refractivity contribution in [3.8, 4) is 0 Å². The summed E-state index contributed by atoms with van der Waals surface area (Å²) in [6.07, 6.45) is -1.06. The molecule has 126 valence electrons. The second-order valence-electron chi connectivity index (χ2n) is 5.59. The minimum atomic E-state index is -1.06. The average Bonchev–Trinajstić information content (AvgIpc) is 3.10. The van der Waals surface area contributed by atoms with Crippen molar-refractivity contribution < 1.29 is 18.8 Å². The van der Waals surface area contributed by atoms with E-state index in [4.69, 9.17) is 28.0 Å². The van der Waals surface area contributed by atoms with Gasteiger partial charge in [0.05, 0.1) is 10.7 Å². The number of hydrogen-bond acceptors (Lipinski definition) is 4. The largest absolute Gasteiger partial charge is 0.381 e. The first-order chi connectivity index (χ1) is 12.0. The summed E-state index contributed by atoms with van der Waals surface area (Å²) in [4.78, 5) is 31.6. The number of rotatable bonds is 2. The lowest BCUT2D eigenvalue weighted by Gasteiger charge is -2.15. The van der Waals surface area contributed by atoms with E-state index >= 15 is 0 Å². The van der Waals surface area contributed by atoms with E-state index in [2.05, 4.69) is 5.16 Å². The second kappa shape index (κ2) is 5.82. The van der Waals surface area contributed by atoms with E-state index in [1.54, 1.807) is 12.1 Å². The molecule has 0 aliphatic carbocycles. The first kappa shape index (κ1) is 16.1. The number of imide groups is 1. The van der Waals surface area contributed by atoms with Crippen LogP contribution in [0.4, 0.5) is 10.1 Å². The number of anilines is 1. The van der Waals surface area contributed by atoms with E-state index in [1.165, 1.54) is 30.3 Å². The van der Waals surface area contributed by atoms with Gasteiger partial charge in [0.1, 0.15) is 17.4 Å². The number of oxime groups is 1. The molecule has 2 heterocycles. The Hall–Kier alpha value is -2.44. The van der Waals surface area contributed by atoms with E-state index in [-0.39, 0.29) is 11.4 Å². The van der Waals surface area contributed by atoms with Crippen LogP contribution in [-0.4, -0.2) is 23.6 Å². The highest BCUT2D eigenvalue weighted by molar-refractivity contribution is 6.39. The molecule has 0 spiro atoms. The lowest BCUT2D eigenvalue weighted by molar-refractivity contribution is -0.126. The lowest BCUT2D eigenvalue weighted by atomic mass is 9.94. The van der Waals surface area contributed by atoms with E-state index in [0.29, 0.717) is 15.6 Å². The lowest BCUT2D eigenvalue weighted by Crippen LogP contribution is -2.33. The Morgan fingerprint density at radius 1 is 1.04 bits per heavy atom. The monoisotopic (exact) mass is 378 g/mol. The zero-order valence-electron chi connectivity index (χ0n) is 12.4. The second-order valence-corrected chi connectivity index (χ2v) is 6.44. The molecule has 2 aliphatic heterocycles. The van der Waals surface area contributed by atoms with Crippen LogP contribution >= 0.6 is 23.2 Å². The smallest absolute Gasteiger partial charge is 0.278 e. The zero-order valence-corrected chi connectivity index (χ0v) is 14.0. The van der Waals surface area contributed by atoms with Gasteiger partial charge in [-0.05, 0) is 36.4 Å². The molecule has 0 saturated carbocycles. The Morgan fingerprint density at radius 3 is 2.44 bits per heavy atom.